The number of Topliss-reactive ketones (excluding diaryl/α,β-unsaturated/α-hetero) is 3. The molecule has 1 aromatic rings. The topological polar surface area (TPSA) is 156 Å². The Labute approximate surface area is 209 Å². The van der Waals surface area contributed by atoms with Crippen LogP contribution < -0.4 is 0 Å². The van der Waals surface area contributed by atoms with E-state index in [1.807, 2.05) is 20.8 Å². The van der Waals surface area contributed by atoms with Crippen LogP contribution in [-0.2, 0) is 19.8 Å². The monoisotopic (exact) mass is 499 g/mol. The highest BCUT2D eigenvalue weighted by molar-refractivity contribution is 6.25. The van der Waals surface area contributed by atoms with Crippen LogP contribution in [0.5, 0.6) is 5.75 Å². The number of carbonyl (C=O) groups excluding carboxylic acids is 3. The Hall–Kier alpha value is -3.01. The van der Waals surface area contributed by atoms with Gasteiger partial charge in [0.15, 0.2) is 17.2 Å². The highest BCUT2D eigenvalue weighted by Gasteiger charge is 2.68. The number of nitrogens with zero attached hydrogens (tertiary/aromatic N) is 1. The molecule has 3 aliphatic carbocycles. The first-order valence-corrected chi connectivity index (χ1v) is 11.9. The summed E-state index contributed by atoms with van der Waals surface area (Å²) in [7, 11) is 3.02. The maximum atomic E-state index is 14.0. The first-order chi connectivity index (χ1) is 16.5. The smallest absolute Gasteiger partial charge is 0.202 e. The van der Waals surface area contributed by atoms with Crippen LogP contribution in [-0.4, -0.2) is 79.6 Å². The molecule has 1 saturated carbocycles. The average molecular weight is 500 g/mol. The molecule has 36 heavy (non-hydrogen) atoms. The quantitative estimate of drug-likeness (QED) is 0.384. The van der Waals surface area contributed by atoms with Gasteiger partial charge in [-0.1, -0.05) is 39.8 Å². The van der Waals surface area contributed by atoms with Gasteiger partial charge in [0.1, 0.15) is 22.8 Å². The summed E-state index contributed by atoms with van der Waals surface area (Å²) < 4.78 is 0. The predicted molar refractivity (Wildman–Crippen MR) is 131 cm³/mol. The highest BCUT2D eigenvalue weighted by atomic mass is 16.4. The van der Waals surface area contributed by atoms with Gasteiger partial charge in [-0.15, -0.1) is 0 Å². The van der Waals surface area contributed by atoms with Crippen molar-refractivity contribution < 1.29 is 39.9 Å². The second kappa shape index (κ2) is 7.99. The summed E-state index contributed by atoms with van der Waals surface area (Å²) in [4.78, 5) is 40.9. The maximum Gasteiger partial charge on any atom is 0.202 e. The van der Waals surface area contributed by atoms with Crippen LogP contribution >= 0.6 is 0 Å². The number of likely N-dealkylation sites (N-methyl/N-ethyl adjacent to an activating group) is 1. The zero-order chi connectivity index (χ0) is 27.2. The molecule has 0 aliphatic heterocycles. The molecule has 0 aromatic heterocycles. The van der Waals surface area contributed by atoms with Gasteiger partial charge in [0.25, 0.3) is 0 Å². The molecule has 3 aliphatic rings. The molecular weight excluding hydrogens is 466 g/mol. The lowest BCUT2D eigenvalue weighted by Crippen LogP contribution is -2.70. The van der Waals surface area contributed by atoms with Crippen LogP contribution in [0.2, 0.25) is 0 Å². The van der Waals surface area contributed by atoms with Gasteiger partial charge >= 0.3 is 0 Å². The standard InChI is InChI=1S/C27H33NO8/c1-10-12-8-9-13(26(3,4)5)20(30)16(12)21(31)17-14(10)22(32)18-19(28(6)7)23(33)15(11(2)29)24(34)27(18,36)25(17)35/h8-10,14,18-19,22,30-32,34,36H,1-7H3. The molecule has 194 valence electrons. The minimum Gasteiger partial charge on any atom is -0.508 e. The van der Waals surface area contributed by atoms with Gasteiger partial charge in [0.05, 0.1) is 23.6 Å². The first-order valence-electron chi connectivity index (χ1n) is 11.9. The fourth-order valence-electron chi connectivity index (χ4n) is 6.32. The molecule has 0 saturated heterocycles. The number of aliphatic hydroxyl groups excluding tert-OH is 3. The van der Waals surface area contributed by atoms with E-state index < -0.39 is 75.4 Å². The van der Waals surface area contributed by atoms with E-state index in [2.05, 4.69) is 0 Å². The van der Waals surface area contributed by atoms with Crippen molar-refractivity contribution in [3.05, 3.63) is 45.7 Å². The third-order valence-electron chi connectivity index (χ3n) is 8.04. The van der Waals surface area contributed by atoms with Crippen molar-refractivity contribution in [3.8, 4) is 5.75 Å². The normalized spacial score (nSPS) is 32.4. The molecule has 0 radical (unpaired) electrons. The van der Waals surface area contributed by atoms with E-state index >= 15 is 0 Å². The van der Waals surface area contributed by atoms with E-state index in [4.69, 9.17) is 0 Å². The molecule has 1 aromatic carbocycles. The number of carbonyl (C=O) groups is 3. The van der Waals surface area contributed by atoms with Crippen LogP contribution in [0.3, 0.4) is 0 Å². The van der Waals surface area contributed by atoms with Crippen LogP contribution in [0.4, 0.5) is 0 Å². The van der Waals surface area contributed by atoms with Gasteiger partial charge in [-0.3, -0.25) is 19.3 Å². The van der Waals surface area contributed by atoms with Gasteiger partial charge in [-0.05, 0) is 37.9 Å². The lowest BCUT2D eigenvalue weighted by Gasteiger charge is -2.53. The first kappa shape index (κ1) is 26.1. The van der Waals surface area contributed by atoms with Crippen molar-refractivity contribution in [1.29, 1.82) is 0 Å². The zero-order valence-electron chi connectivity index (χ0n) is 21.4. The summed E-state index contributed by atoms with van der Waals surface area (Å²) >= 11 is 0. The molecule has 6 atom stereocenters. The van der Waals surface area contributed by atoms with Crippen LogP contribution in [0, 0.1) is 11.8 Å². The van der Waals surface area contributed by atoms with Crippen molar-refractivity contribution in [1.82, 2.24) is 4.90 Å². The molecule has 6 unspecified atom stereocenters. The second-order valence-corrected chi connectivity index (χ2v) is 11.4. The number of hydrogen-bond acceptors (Lipinski definition) is 9. The summed E-state index contributed by atoms with van der Waals surface area (Å²) in [5.41, 5.74) is -3.36. The van der Waals surface area contributed by atoms with Crippen LogP contribution in [0.15, 0.2) is 29.0 Å². The SMILES string of the molecule is CC(=O)C1=C(O)C2(O)C(=O)C3=C(O)c4c(ccc(C(C)(C)C)c4O)C(C)C3C(O)C2C(N(C)C)C1=O. The Bertz CT molecular complexity index is 1270. The highest BCUT2D eigenvalue weighted by Crippen LogP contribution is 2.56. The van der Waals surface area contributed by atoms with Crippen molar-refractivity contribution in [2.24, 2.45) is 11.8 Å². The van der Waals surface area contributed by atoms with E-state index in [0.717, 1.165) is 6.92 Å². The maximum absolute atomic E-state index is 14.0. The second-order valence-electron chi connectivity index (χ2n) is 11.4. The molecule has 9 nitrogen and oxygen atoms in total. The van der Waals surface area contributed by atoms with E-state index in [1.165, 1.54) is 19.0 Å². The van der Waals surface area contributed by atoms with Gasteiger partial charge in [-0.25, -0.2) is 0 Å². The largest absolute Gasteiger partial charge is 0.508 e. The molecule has 9 heteroatoms. The number of hydrogen-bond donors (Lipinski definition) is 5. The predicted octanol–water partition coefficient (Wildman–Crippen LogP) is 1.90. The fraction of sp³-hybridized carbons (Fsp3) is 0.519. The van der Waals surface area contributed by atoms with Gasteiger partial charge in [0, 0.05) is 17.1 Å². The summed E-state index contributed by atoms with van der Waals surface area (Å²) in [6.45, 7) is 8.39. The molecule has 1 fully saturated rings. The Balaban J connectivity index is 2.07. The number of aromatic hydroxyl groups is 1. The third kappa shape index (κ3) is 3.16. The lowest BCUT2D eigenvalue weighted by atomic mass is 9.54. The number of phenolic OH excluding ortho intramolecular Hbond substituents is 1. The number of benzene rings is 1. The third-order valence-corrected chi connectivity index (χ3v) is 8.04. The molecule has 4 rings (SSSR count). The molecule has 0 spiro atoms. The zero-order valence-corrected chi connectivity index (χ0v) is 21.4. The summed E-state index contributed by atoms with van der Waals surface area (Å²) in [5, 5.41) is 56.8. The van der Waals surface area contributed by atoms with Crippen LogP contribution in [0.1, 0.15) is 57.2 Å². The summed E-state index contributed by atoms with van der Waals surface area (Å²) in [6.07, 6.45) is -1.57. The summed E-state index contributed by atoms with van der Waals surface area (Å²) in [6, 6.07) is 2.17. The Morgan fingerprint density at radius 1 is 1.08 bits per heavy atom. The lowest BCUT2D eigenvalue weighted by molar-refractivity contribution is -0.169. The van der Waals surface area contributed by atoms with E-state index in [9.17, 15) is 39.9 Å². The Kier molecular flexibility index (Phi) is 5.79. The molecular formula is C27H33NO8. The molecule has 0 amide bonds. The van der Waals surface area contributed by atoms with Gasteiger partial charge in [-0.2, -0.15) is 0 Å². The van der Waals surface area contributed by atoms with Crippen molar-refractivity contribution in [2.45, 2.75) is 63.7 Å². The molecule has 5 N–H and O–H groups in total. The van der Waals surface area contributed by atoms with Crippen molar-refractivity contribution in [2.75, 3.05) is 14.1 Å². The molecule has 0 heterocycles. The van der Waals surface area contributed by atoms with Crippen molar-refractivity contribution in [3.63, 3.8) is 0 Å². The minimum atomic E-state index is -2.84. The van der Waals surface area contributed by atoms with E-state index in [1.54, 1.807) is 19.1 Å². The fourth-order valence-corrected chi connectivity index (χ4v) is 6.32. The number of aliphatic hydroxyl groups is 4. The number of fused-ring (bicyclic) bond motifs is 3. The Morgan fingerprint density at radius 3 is 2.17 bits per heavy atom. The van der Waals surface area contributed by atoms with Crippen molar-refractivity contribution >= 4 is 23.1 Å². The summed E-state index contributed by atoms with van der Waals surface area (Å²) in [5.74, 6) is -7.88. The molecule has 0 bridgehead atoms. The van der Waals surface area contributed by atoms with Gasteiger partial charge < -0.3 is 25.5 Å². The minimum absolute atomic E-state index is 0.0232. The van der Waals surface area contributed by atoms with E-state index in [-0.39, 0.29) is 16.9 Å². The van der Waals surface area contributed by atoms with Gasteiger partial charge in [0.2, 0.25) is 5.78 Å². The number of rotatable bonds is 2. The number of phenols is 1. The Morgan fingerprint density at radius 2 is 1.67 bits per heavy atom. The number of ketones is 3. The average Bonchev–Trinajstić information content (AvgIpc) is 2.75. The van der Waals surface area contributed by atoms with Crippen LogP contribution in [0.25, 0.3) is 5.76 Å². The van der Waals surface area contributed by atoms with E-state index in [0.29, 0.717) is 11.1 Å².